The summed E-state index contributed by atoms with van der Waals surface area (Å²) in [6.45, 7) is 6.76. The van der Waals surface area contributed by atoms with Crippen molar-refractivity contribution in [2.45, 2.75) is 58.4 Å². The fraction of sp³-hybridized carbons (Fsp3) is 0.923. The summed E-state index contributed by atoms with van der Waals surface area (Å²) in [5.41, 5.74) is 6.12. The van der Waals surface area contributed by atoms with Gasteiger partial charge in [0.1, 0.15) is 0 Å². The third-order valence-corrected chi connectivity index (χ3v) is 3.88. The summed E-state index contributed by atoms with van der Waals surface area (Å²) >= 11 is 0. The molecule has 0 spiro atoms. The van der Waals surface area contributed by atoms with Crippen molar-refractivity contribution in [1.29, 1.82) is 0 Å². The van der Waals surface area contributed by atoms with Gasteiger partial charge in [-0.1, -0.05) is 40.0 Å². The minimum atomic E-state index is -0.148. The molecule has 1 aliphatic rings. The van der Waals surface area contributed by atoms with Crippen LogP contribution in [0, 0.1) is 11.8 Å². The van der Waals surface area contributed by atoms with Crippen molar-refractivity contribution in [3.8, 4) is 0 Å². The second-order valence-electron chi connectivity index (χ2n) is 5.67. The molecule has 3 N–H and O–H groups in total. The summed E-state index contributed by atoms with van der Waals surface area (Å²) in [5.74, 6) is 0.609. The fourth-order valence-corrected chi connectivity index (χ4v) is 2.16. The number of amides is 1. The number of nitrogens with two attached hydrogens (primary N) is 1. The number of carbonyl (C=O) groups excluding carboxylic acids is 1. The molecule has 1 fully saturated rings. The third-order valence-electron chi connectivity index (χ3n) is 3.88. The average Bonchev–Trinajstić information content (AvgIpc) is 2.26. The second kappa shape index (κ2) is 7.22. The zero-order chi connectivity index (χ0) is 12.2. The van der Waals surface area contributed by atoms with Crippen molar-refractivity contribution in [3.63, 3.8) is 0 Å². The van der Waals surface area contributed by atoms with E-state index in [1.807, 2.05) is 6.92 Å². The molecule has 4 heteroatoms. The first-order valence-corrected chi connectivity index (χ1v) is 6.51. The van der Waals surface area contributed by atoms with Gasteiger partial charge in [0.05, 0.1) is 0 Å². The molecule has 1 aliphatic carbocycles. The van der Waals surface area contributed by atoms with E-state index in [0.29, 0.717) is 12.5 Å². The quantitative estimate of drug-likeness (QED) is 0.818. The normalized spacial score (nSPS) is 20.5. The highest BCUT2D eigenvalue weighted by Crippen LogP contribution is 2.25. The molecule has 0 bridgehead atoms. The maximum Gasteiger partial charge on any atom is 0.223 e. The summed E-state index contributed by atoms with van der Waals surface area (Å²) < 4.78 is 0. The molecule has 1 unspecified atom stereocenters. The van der Waals surface area contributed by atoms with Crippen molar-refractivity contribution in [2.24, 2.45) is 17.6 Å². The fourth-order valence-electron chi connectivity index (χ4n) is 2.16. The molecule has 0 saturated heterocycles. The Morgan fingerprint density at radius 1 is 1.24 bits per heavy atom. The van der Waals surface area contributed by atoms with Crippen LogP contribution in [0.25, 0.3) is 0 Å². The average molecular weight is 263 g/mol. The topological polar surface area (TPSA) is 55.1 Å². The summed E-state index contributed by atoms with van der Waals surface area (Å²) in [6.07, 6.45) is 5.78. The van der Waals surface area contributed by atoms with Gasteiger partial charge < -0.3 is 11.1 Å². The van der Waals surface area contributed by atoms with Crippen LogP contribution in [0.4, 0.5) is 0 Å². The van der Waals surface area contributed by atoms with Crippen LogP contribution in [0.1, 0.15) is 52.9 Å². The van der Waals surface area contributed by atoms with Gasteiger partial charge in [0.2, 0.25) is 5.91 Å². The van der Waals surface area contributed by atoms with Crippen LogP contribution in [0.3, 0.4) is 0 Å². The predicted octanol–water partition coefficient (Wildman–Crippen LogP) is 2.48. The Bertz CT molecular complexity index is 238. The van der Waals surface area contributed by atoms with E-state index in [0.717, 1.165) is 12.8 Å². The molecule has 3 nitrogen and oxygen atoms in total. The number of rotatable bonds is 4. The summed E-state index contributed by atoms with van der Waals surface area (Å²) in [5, 5.41) is 3.01. The monoisotopic (exact) mass is 262 g/mol. The van der Waals surface area contributed by atoms with Crippen molar-refractivity contribution < 1.29 is 4.79 Å². The zero-order valence-corrected chi connectivity index (χ0v) is 12.1. The van der Waals surface area contributed by atoms with Crippen LogP contribution in [-0.4, -0.2) is 18.0 Å². The standard InChI is InChI=1S/C13H26N2O.ClH/c1-10(2)11(3)12(16)15-9-13(14)7-5-4-6-8-13;/h10-11H,4-9,14H2,1-3H3,(H,15,16);1H. The third kappa shape index (κ3) is 5.26. The van der Waals surface area contributed by atoms with E-state index in [-0.39, 0.29) is 29.8 Å². The van der Waals surface area contributed by atoms with Gasteiger partial charge in [-0.25, -0.2) is 0 Å². The van der Waals surface area contributed by atoms with E-state index in [2.05, 4.69) is 19.2 Å². The highest BCUT2D eigenvalue weighted by atomic mass is 35.5. The van der Waals surface area contributed by atoms with Gasteiger partial charge in [0.25, 0.3) is 0 Å². The largest absolute Gasteiger partial charge is 0.354 e. The minimum absolute atomic E-state index is 0. The smallest absolute Gasteiger partial charge is 0.223 e. The van der Waals surface area contributed by atoms with E-state index in [1.165, 1.54) is 19.3 Å². The lowest BCUT2D eigenvalue weighted by atomic mass is 9.82. The van der Waals surface area contributed by atoms with Crippen LogP contribution >= 0.6 is 12.4 Å². The molecule has 1 saturated carbocycles. The lowest BCUT2D eigenvalue weighted by molar-refractivity contribution is -0.126. The van der Waals surface area contributed by atoms with Crippen LogP contribution in [-0.2, 0) is 4.79 Å². The molecule has 0 aromatic heterocycles. The van der Waals surface area contributed by atoms with Gasteiger partial charge in [-0.05, 0) is 18.8 Å². The molecule has 0 heterocycles. The molecule has 1 amide bonds. The number of carbonyl (C=O) groups is 1. The number of hydrogen-bond donors (Lipinski definition) is 2. The Morgan fingerprint density at radius 2 is 1.76 bits per heavy atom. The molecule has 0 aromatic carbocycles. The number of nitrogens with one attached hydrogen (secondary N) is 1. The predicted molar refractivity (Wildman–Crippen MR) is 74.3 cm³/mol. The van der Waals surface area contributed by atoms with E-state index >= 15 is 0 Å². The summed E-state index contributed by atoms with van der Waals surface area (Å²) in [6, 6.07) is 0. The Labute approximate surface area is 111 Å². The highest BCUT2D eigenvalue weighted by Gasteiger charge is 2.28. The molecule has 1 rings (SSSR count). The first-order valence-electron chi connectivity index (χ1n) is 6.51. The Hall–Kier alpha value is -0.280. The van der Waals surface area contributed by atoms with Gasteiger partial charge >= 0.3 is 0 Å². The van der Waals surface area contributed by atoms with E-state index in [1.54, 1.807) is 0 Å². The Balaban J connectivity index is 0.00000256. The Morgan fingerprint density at radius 3 is 2.24 bits per heavy atom. The zero-order valence-electron chi connectivity index (χ0n) is 11.3. The molecule has 102 valence electrons. The first kappa shape index (κ1) is 16.7. The molecular weight excluding hydrogens is 236 g/mol. The maximum atomic E-state index is 11.8. The lowest BCUT2D eigenvalue weighted by Gasteiger charge is -2.34. The molecule has 0 aromatic rings. The molecule has 0 radical (unpaired) electrons. The summed E-state index contributed by atoms with van der Waals surface area (Å²) in [4.78, 5) is 11.8. The lowest BCUT2D eigenvalue weighted by Crippen LogP contribution is -2.52. The maximum absolute atomic E-state index is 11.8. The summed E-state index contributed by atoms with van der Waals surface area (Å²) in [7, 11) is 0. The molecule has 0 aliphatic heterocycles. The molecular formula is C13H27ClN2O. The SMILES string of the molecule is CC(C)C(C)C(=O)NCC1(N)CCCCC1.Cl. The van der Waals surface area contributed by atoms with E-state index in [9.17, 15) is 4.79 Å². The van der Waals surface area contributed by atoms with E-state index in [4.69, 9.17) is 5.73 Å². The second-order valence-corrected chi connectivity index (χ2v) is 5.67. The van der Waals surface area contributed by atoms with Crippen molar-refractivity contribution in [2.75, 3.05) is 6.54 Å². The Kier molecular flexibility index (Phi) is 7.10. The van der Waals surface area contributed by atoms with Gasteiger partial charge in [-0.15, -0.1) is 12.4 Å². The van der Waals surface area contributed by atoms with Crippen LogP contribution in [0.2, 0.25) is 0 Å². The number of hydrogen-bond acceptors (Lipinski definition) is 2. The molecule has 1 atom stereocenters. The van der Waals surface area contributed by atoms with Crippen molar-refractivity contribution in [1.82, 2.24) is 5.32 Å². The highest BCUT2D eigenvalue weighted by molar-refractivity contribution is 5.85. The van der Waals surface area contributed by atoms with Crippen LogP contribution in [0.15, 0.2) is 0 Å². The van der Waals surface area contributed by atoms with Crippen LogP contribution < -0.4 is 11.1 Å². The van der Waals surface area contributed by atoms with Gasteiger partial charge in [-0.3, -0.25) is 4.79 Å². The van der Waals surface area contributed by atoms with Crippen LogP contribution in [0.5, 0.6) is 0 Å². The van der Waals surface area contributed by atoms with Gasteiger partial charge in [-0.2, -0.15) is 0 Å². The van der Waals surface area contributed by atoms with Crippen molar-refractivity contribution in [3.05, 3.63) is 0 Å². The number of halogens is 1. The van der Waals surface area contributed by atoms with Crippen molar-refractivity contribution >= 4 is 18.3 Å². The molecule has 17 heavy (non-hydrogen) atoms. The van der Waals surface area contributed by atoms with Gasteiger partial charge in [0.15, 0.2) is 0 Å². The first-order chi connectivity index (χ1) is 7.44. The van der Waals surface area contributed by atoms with E-state index < -0.39 is 0 Å². The van der Waals surface area contributed by atoms with Gasteiger partial charge in [0, 0.05) is 18.0 Å². The minimum Gasteiger partial charge on any atom is -0.354 e.